The number of alkyl halides is 1. The Kier molecular flexibility index (Phi) is 6.19. The maximum atomic E-state index is 5.80. The van der Waals surface area contributed by atoms with Gasteiger partial charge in [0.15, 0.2) is 0 Å². The molecule has 0 bridgehead atoms. The Hall–Kier alpha value is -0.900. The van der Waals surface area contributed by atoms with Gasteiger partial charge >= 0.3 is 0 Å². The van der Waals surface area contributed by atoms with Crippen molar-refractivity contribution in [3.63, 3.8) is 0 Å². The van der Waals surface area contributed by atoms with Gasteiger partial charge in [-0.3, -0.25) is 0 Å². The zero-order valence-electron chi connectivity index (χ0n) is 10.9. The van der Waals surface area contributed by atoms with Crippen LogP contribution in [0, 0.1) is 0 Å². The van der Waals surface area contributed by atoms with Gasteiger partial charge in [-0.25, -0.2) is 4.98 Å². The average Bonchev–Trinajstić information content (AvgIpc) is 2.37. The van der Waals surface area contributed by atoms with Gasteiger partial charge in [-0.1, -0.05) is 20.8 Å². The number of hydrogen-bond acceptors (Lipinski definition) is 4. The number of aromatic nitrogens is 3. The topological polar surface area (TPSA) is 41.9 Å². The van der Waals surface area contributed by atoms with Crippen molar-refractivity contribution in [3.05, 3.63) is 11.4 Å². The van der Waals surface area contributed by atoms with Crippen molar-refractivity contribution >= 4 is 17.5 Å². The summed E-state index contributed by atoms with van der Waals surface area (Å²) < 4.78 is 0. The van der Waals surface area contributed by atoms with Crippen LogP contribution < -0.4 is 4.90 Å². The van der Waals surface area contributed by atoms with E-state index >= 15 is 0 Å². The van der Waals surface area contributed by atoms with E-state index in [4.69, 9.17) is 11.6 Å². The first-order chi connectivity index (χ1) is 8.26. The lowest BCUT2D eigenvalue weighted by molar-refractivity contribution is 0.725. The molecule has 0 radical (unpaired) electrons. The van der Waals surface area contributed by atoms with Crippen molar-refractivity contribution in [2.45, 2.75) is 40.0 Å². The van der Waals surface area contributed by atoms with Crippen LogP contribution in [0.5, 0.6) is 0 Å². The number of aryl methyl sites for hydroxylation is 2. The zero-order chi connectivity index (χ0) is 12.7. The van der Waals surface area contributed by atoms with Crippen molar-refractivity contribution in [2.24, 2.45) is 0 Å². The maximum absolute atomic E-state index is 5.80. The molecule has 0 amide bonds. The van der Waals surface area contributed by atoms with Gasteiger partial charge in [0, 0.05) is 19.0 Å². The number of rotatable bonds is 7. The molecule has 0 aromatic carbocycles. The van der Waals surface area contributed by atoms with Crippen LogP contribution in [0.15, 0.2) is 0 Å². The lowest BCUT2D eigenvalue weighted by Crippen LogP contribution is -2.29. The quantitative estimate of drug-likeness (QED) is 0.703. The molecule has 0 unspecified atom stereocenters. The van der Waals surface area contributed by atoms with Crippen LogP contribution in [0.1, 0.15) is 38.6 Å². The minimum absolute atomic E-state index is 0.584. The lowest BCUT2D eigenvalue weighted by atomic mass is 10.2. The Morgan fingerprint density at radius 1 is 1.00 bits per heavy atom. The van der Waals surface area contributed by atoms with E-state index in [1.54, 1.807) is 0 Å². The third kappa shape index (κ3) is 3.80. The van der Waals surface area contributed by atoms with Gasteiger partial charge in [-0.05, 0) is 19.3 Å². The van der Waals surface area contributed by atoms with E-state index in [1.165, 1.54) is 0 Å². The number of halogens is 1. The molecular formula is C12H21ClN4. The van der Waals surface area contributed by atoms with E-state index in [0.29, 0.717) is 11.8 Å². The molecule has 0 saturated heterocycles. The third-order valence-corrected chi connectivity index (χ3v) is 2.80. The monoisotopic (exact) mass is 256 g/mol. The van der Waals surface area contributed by atoms with E-state index in [9.17, 15) is 0 Å². The molecule has 0 aliphatic rings. The summed E-state index contributed by atoms with van der Waals surface area (Å²) in [7, 11) is 0. The first-order valence-corrected chi connectivity index (χ1v) is 6.83. The van der Waals surface area contributed by atoms with Gasteiger partial charge in [-0.2, -0.15) is 5.10 Å². The first kappa shape index (κ1) is 14.2. The predicted molar refractivity (Wildman–Crippen MR) is 71.8 cm³/mol. The van der Waals surface area contributed by atoms with E-state index in [-0.39, 0.29) is 0 Å². The van der Waals surface area contributed by atoms with Gasteiger partial charge in [0.1, 0.15) is 0 Å². The van der Waals surface area contributed by atoms with E-state index < -0.39 is 0 Å². The Balaban J connectivity index is 2.94. The van der Waals surface area contributed by atoms with Crippen molar-refractivity contribution in [3.8, 4) is 0 Å². The first-order valence-electron chi connectivity index (χ1n) is 6.30. The van der Waals surface area contributed by atoms with Gasteiger partial charge in [0.25, 0.3) is 0 Å². The second-order valence-corrected chi connectivity index (χ2v) is 4.27. The normalized spacial score (nSPS) is 10.6. The fourth-order valence-corrected chi connectivity index (χ4v) is 1.95. The smallest absolute Gasteiger partial charge is 0.245 e. The van der Waals surface area contributed by atoms with Crippen LogP contribution in [0.3, 0.4) is 0 Å². The van der Waals surface area contributed by atoms with Crippen LogP contribution >= 0.6 is 11.6 Å². The van der Waals surface area contributed by atoms with E-state index in [0.717, 1.165) is 43.7 Å². The number of nitrogens with zero attached hydrogens (tertiary/aromatic N) is 4. The highest BCUT2D eigenvalue weighted by atomic mass is 35.5. The van der Waals surface area contributed by atoms with Gasteiger partial charge in [0.2, 0.25) is 5.95 Å². The summed E-state index contributed by atoms with van der Waals surface area (Å²) in [5.41, 5.74) is 2.05. The van der Waals surface area contributed by atoms with Crippen LogP contribution in [0.2, 0.25) is 0 Å². The molecule has 0 aliphatic heterocycles. The molecule has 1 aromatic rings. The molecule has 17 heavy (non-hydrogen) atoms. The highest BCUT2D eigenvalue weighted by Gasteiger charge is 2.11. The van der Waals surface area contributed by atoms with Gasteiger partial charge in [-0.15, -0.1) is 16.7 Å². The second kappa shape index (κ2) is 7.43. The zero-order valence-corrected chi connectivity index (χ0v) is 11.7. The number of anilines is 1. The van der Waals surface area contributed by atoms with Crippen LogP contribution in [0.4, 0.5) is 5.95 Å². The van der Waals surface area contributed by atoms with Crippen LogP contribution in [-0.4, -0.2) is 34.2 Å². The largest absolute Gasteiger partial charge is 0.338 e. The third-order valence-electron chi connectivity index (χ3n) is 2.63. The molecule has 1 rings (SSSR count). The summed E-state index contributed by atoms with van der Waals surface area (Å²) in [5.74, 6) is 1.29. The molecular weight excluding hydrogens is 236 g/mol. The molecule has 5 heteroatoms. The molecule has 0 atom stereocenters. The van der Waals surface area contributed by atoms with Crippen molar-refractivity contribution < 1.29 is 0 Å². The molecule has 0 aliphatic carbocycles. The molecule has 0 fully saturated rings. The second-order valence-electron chi connectivity index (χ2n) is 3.89. The lowest BCUT2D eigenvalue weighted by Gasteiger charge is -2.21. The summed E-state index contributed by atoms with van der Waals surface area (Å²) >= 11 is 5.80. The standard InChI is InChI=1S/C12H21ClN4/c1-4-8-17(9-7-13)12-14-10(5-2)11(6-3)15-16-12/h4-9H2,1-3H3. The minimum atomic E-state index is 0.584. The Morgan fingerprint density at radius 2 is 1.71 bits per heavy atom. The SMILES string of the molecule is CCCN(CCCl)c1nnc(CC)c(CC)n1. The molecule has 0 N–H and O–H groups in total. The summed E-state index contributed by atoms with van der Waals surface area (Å²) in [6, 6.07) is 0. The maximum Gasteiger partial charge on any atom is 0.245 e. The molecule has 4 nitrogen and oxygen atoms in total. The number of hydrogen-bond donors (Lipinski definition) is 0. The fourth-order valence-electron chi connectivity index (χ4n) is 1.75. The molecule has 0 saturated carbocycles. The van der Waals surface area contributed by atoms with Gasteiger partial charge in [0.05, 0.1) is 11.4 Å². The predicted octanol–water partition coefficient (Wildman–Crippen LogP) is 2.45. The molecule has 0 spiro atoms. The minimum Gasteiger partial charge on any atom is -0.338 e. The fraction of sp³-hybridized carbons (Fsp3) is 0.750. The highest BCUT2D eigenvalue weighted by Crippen LogP contribution is 2.11. The van der Waals surface area contributed by atoms with Crippen molar-refractivity contribution in [2.75, 3.05) is 23.9 Å². The summed E-state index contributed by atoms with van der Waals surface area (Å²) in [5, 5.41) is 8.46. The summed E-state index contributed by atoms with van der Waals surface area (Å²) in [6.45, 7) is 8.00. The van der Waals surface area contributed by atoms with E-state index in [1.807, 2.05) is 0 Å². The highest BCUT2D eigenvalue weighted by molar-refractivity contribution is 6.18. The Bertz CT molecular complexity index is 337. The molecule has 1 aromatic heterocycles. The summed E-state index contributed by atoms with van der Waals surface area (Å²) in [6.07, 6.45) is 2.83. The van der Waals surface area contributed by atoms with Crippen LogP contribution in [-0.2, 0) is 12.8 Å². The average molecular weight is 257 g/mol. The Morgan fingerprint density at radius 3 is 2.24 bits per heavy atom. The van der Waals surface area contributed by atoms with Crippen LogP contribution in [0.25, 0.3) is 0 Å². The summed E-state index contributed by atoms with van der Waals surface area (Å²) in [4.78, 5) is 6.69. The van der Waals surface area contributed by atoms with Gasteiger partial charge < -0.3 is 4.90 Å². The Labute approximate surface area is 108 Å². The molecule has 1 heterocycles. The van der Waals surface area contributed by atoms with Crippen molar-refractivity contribution in [1.29, 1.82) is 0 Å². The van der Waals surface area contributed by atoms with E-state index in [2.05, 4.69) is 40.9 Å². The van der Waals surface area contributed by atoms with Crippen molar-refractivity contribution in [1.82, 2.24) is 15.2 Å². The molecule has 96 valence electrons.